The van der Waals surface area contributed by atoms with Crippen molar-refractivity contribution in [3.8, 4) is 5.75 Å². The number of H-pyrrole nitrogens is 1. The summed E-state index contributed by atoms with van der Waals surface area (Å²) in [5.74, 6) is 0.541. The highest BCUT2D eigenvalue weighted by Crippen LogP contribution is 2.24. The van der Waals surface area contributed by atoms with E-state index in [9.17, 15) is 9.59 Å². The summed E-state index contributed by atoms with van der Waals surface area (Å²) in [6.07, 6.45) is 0. The Morgan fingerprint density at radius 2 is 1.61 bits per heavy atom. The Kier molecular flexibility index (Phi) is 6.65. The molecule has 1 aromatic heterocycles. The van der Waals surface area contributed by atoms with E-state index in [4.69, 9.17) is 4.74 Å². The summed E-state index contributed by atoms with van der Waals surface area (Å²) >= 11 is 3.42. The monoisotopic (exact) mass is 504 g/mol. The molecule has 1 amide bonds. The van der Waals surface area contributed by atoms with Crippen molar-refractivity contribution in [2.45, 2.75) is 26.9 Å². The van der Waals surface area contributed by atoms with Crippen LogP contribution in [0.5, 0.6) is 5.75 Å². The van der Waals surface area contributed by atoms with Crippen molar-refractivity contribution in [1.82, 2.24) is 9.88 Å². The van der Waals surface area contributed by atoms with Gasteiger partial charge in [-0.05, 0) is 61.4 Å². The van der Waals surface area contributed by atoms with E-state index >= 15 is 0 Å². The van der Waals surface area contributed by atoms with Gasteiger partial charge in [0.25, 0.3) is 11.5 Å². The van der Waals surface area contributed by atoms with Crippen LogP contribution in [0, 0.1) is 13.8 Å². The number of hydrogen-bond donors (Lipinski definition) is 1. The summed E-state index contributed by atoms with van der Waals surface area (Å²) in [6, 6.07) is 20.8. The number of rotatable bonds is 6. The van der Waals surface area contributed by atoms with E-state index in [1.54, 1.807) is 24.1 Å². The van der Waals surface area contributed by atoms with E-state index in [0.29, 0.717) is 23.4 Å². The number of carbonyl (C=O) groups is 1. The Labute approximate surface area is 201 Å². The summed E-state index contributed by atoms with van der Waals surface area (Å²) in [7, 11) is 1.61. The topological polar surface area (TPSA) is 62.4 Å². The maximum absolute atomic E-state index is 13.5. The molecule has 0 aliphatic rings. The summed E-state index contributed by atoms with van der Waals surface area (Å²) in [4.78, 5) is 31.2. The number of amides is 1. The molecular formula is C27H25BrN2O3. The first-order chi connectivity index (χ1) is 15.9. The van der Waals surface area contributed by atoms with Crippen LogP contribution in [0.2, 0.25) is 0 Å². The molecule has 0 saturated heterocycles. The number of nitrogens with zero attached hydrogens (tertiary/aromatic N) is 1. The van der Waals surface area contributed by atoms with E-state index in [1.165, 1.54) is 0 Å². The molecule has 0 saturated carbocycles. The molecular weight excluding hydrogens is 480 g/mol. The van der Waals surface area contributed by atoms with E-state index < -0.39 is 0 Å². The molecule has 3 aromatic carbocycles. The number of halogens is 1. The molecule has 33 heavy (non-hydrogen) atoms. The number of nitrogens with one attached hydrogen (secondary N) is 1. The standard InChI is InChI=1S/C27H25BrN2O3/c1-17-8-9-18(2)25-23(17)14-21(26(31)29-25)16-30(15-20-6-4-5-7-24(20)33-3)27(32)19-10-12-22(28)13-11-19/h4-14H,15-16H2,1-3H3,(H,29,31). The second kappa shape index (κ2) is 9.63. The molecule has 5 nitrogen and oxygen atoms in total. The van der Waals surface area contributed by atoms with Crippen LogP contribution in [0.4, 0.5) is 0 Å². The van der Waals surface area contributed by atoms with Crippen molar-refractivity contribution in [2.75, 3.05) is 7.11 Å². The SMILES string of the molecule is COc1ccccc1CN(Cc1cc2c(C)ccc(C)c2[nH]c1=O)C(=O)c1ccc(Br)cc1. The molecule has 4 aromatic rings. The number of carbonyl (C=O) groups excluding carboxylic acids is 1. The third-order valence-corrected chi connectivity index (χ3v) is 6.34. The zero-order chi connectivity index (χ0) is 23.5. The molecule has 0 bridgehead atoms. The number of ether oxygens (including phenoxy) is 1. The Morgan fingerprint density at radius 1 is 0.939 bits per heavy atom. The normalized spacial score (nSPS) is 10.9. The Hall–Kier alpha value is -3.38. The summed E-state index contributed by atoms with van der Waals surface area (Å²) < 4.78 is 6.39. The van der Waals surface area contributed by atoms with Crippen molar-refractivity contribution in [3.05, 3.63) is 109 Å². The van der Waals surface area contributed by atoms with Crippen molar-refractivity contribution in [3.63, 3.8) is 0 Å². The van der Waals surface area contributed by atoms with Gasteiger partial charge in [0.15, 0.2) is 0 Å². The van der Waals surface area contributed by atoms with Crippen LogP contribution in [-0.2, 0) is 13.1 Å². The lowest BCUT2D eigenvalue weighted by atomic mass is 10.0. The van der Waals surface area contributed by atoms with Gasteiger partial charge in [-0.25, -0.2) is 0 Å². The third-order valence-electron chi connectivity index (χ3n) is 5.81. The van der Waals surface area contributed by atoms with Gasteiger partial charge in [-0.3, -0.25) is 9.59 Å². The minimum Gasteiger partial charge on any atom is -0.496 e. The van der Waals surface area contributed by atoms with Gasteiger partial charge in [0.2, 0.25) is 0 Å². The highest BCUT2D eigenvalue weighted by atomic mass is 79.9. The van der Waals surface area contributed by atoms with Crippen LogP contribution in [0.15, 0.2) is 76.0 Å². The Balaban J connectivity index is 1.77. The van der Waals surface area contributed by atoms with Gasteiger partial charge in [0, 0.05) is 33.1 Å². The smallest absolute Gasteiger partial charge is 0.254 e. The quantitative estimate of drug-likeness (QED) is 0.363. The molecule has 0 aliphatic heterocycles. The van der Waals surface area contributed by atoms with Crippen LogP contribution in [-0.4, -0.2) is 22.9 Å². The molecule has 4 rings (SSSR count). The average molecular weight is 505 g/mol. The zero-order valence-electron chi connectivity index (χ0n) is 18.8. The predicted molar refractivity (Wildman–Crippen MR) is 135 cm³/mol. The fourth-order valence-electron chi connectivity index (χ4n) is 3.96. The minimum absolute atomic E-state index is 0.158. The molecule has 0 aliphatic carbocycles. The first-order valence-electron chi connectivity index (χ1n) is 10.7. The molecule has 1 heterocycles. The number of para-hydroxylation sites is 1. The zero-order valence-corrected chi connectivity index (χ0v) is 20.4. The fraction of sp³-hybridized carbons (Fsp3) is 0.185. The summed E-state index contributed by atoms with van der Waals surface area (Å²) in [5.41, 5.74) is 4.69. The van der Waals surface area contributed by atoms with Gasteiger partial charge in [0.05, 0.1) is 19.2 Å². The van der Waals surface area contributed by atoms with Gasteiger partial charge in [-0.15, -0.1) is 0 Å². The number of aromatic nitrogens is 1. The van der Waals surface area contributed by atoms with Crippen LogP contribution >= 0.6 is 15.9 Å². The van der Waals surface area contributed by atoms with Crippen LogP contribution in [0.25, 0.3) is 10.9 Å². The van der Waals surface area contributed by atoms with Crippen LogP contribution in [0.3, 0.4) is 0 Å². The lowest BCUT2D eigenvalue weighted by molar-refractivity contribution is 0.0728. The molecule has 168 valence electrons. The van der Waals surface area contributed by atoms with Crippen LogP contribution < -0.4 is 10.3 Å². The largest absolute Gasteiger partial charge is 0.496 e. The van der Waals surface area contributed by atoms with Gasteiger partial charge in [-0.2, -0.15) is 0 Å². The van der Waals surface area contributed by atoms with E-state index in [0.717, 1.165) is 32.1 Å². The van der Waals surface area contributed by atoms with Gasteiger partial charge < -0.3 is 14.6 Å². The maximum atomic E-state index is 13.5. The Morgan fingerprint density at radius 3 is 2.33 bits per heavy atom. The fourth-order valence-corrected chi connectivity index (χ4v) is 4.22. The van der Waals surface area contributed by atoms with Gasteiger partial charge >= 0.3 is 0 Å². The number of pyridine rings is 1. The molecule has 0 radical (unpaired) electrons. The molecule has 0 fully saturated rings. The number of aromatic amines is 1. The van der Waals surface area contributed by atoms with Gasteiger partial charge in [0.1, 0.15) is 5.75 Å². The number of aryl methyl sites for hydroxylation is 2. The molecule has 0 unspecified atom stereocenters. The number of benzene rings is 3. The van der Waals surface area contributed by atoms with Crippen molar-refractivity contribution < 1.29 is 9.53 Å². The number of hydrogen-bond acceptors (Lipinski definition) is 3. The second-order valence-corrected chi connectivity index (χ2v) is 9.01. The minimum atomic E-state index is -0.190. The van der Waals surface area contributed by atoms with E-state index in [-0.39, 0.29) is 18.0 Å². The lowest BCUT2D eigenvalue weighted by Gasteiger charge is -2.24. The molecule has 0 spiro atoms. The first-order valence-corrected chi connectivity index (χ1v) is 11.5. The van der Waals surface area contributed by atoms with E-state index in [2.05, 4.69) is 20.9 Å². The van der Waals surface area contributed by atoms with Crippen molar-refractivity contribution >= 4 is 32.7 Å². The summed E-state index contributed by atoms with van der Waals surface area (Å²) in [5, 5.41) is 0.984. The molecule has 0 atom stereocenters. The number of methoxy groups -OCH3 is 1. The van der Waals surface area contributed by atoms with Gasteiger partial charge in [-0.1, -0.05) is 46.3 Å². The first kappa shape index (κ1) is 22.8. The van der Waals surface area contributed by atoms with E-state index in [1.807, 2.05) is 68.4 Å². The highest BCUT2D eigenvalue weighted by Gasteiger charge is 2.20. The third kappa shape index (κ3) is 4.86. The Bertz CT molecular complexity index is 1380. The number of fused-ring (bicyclic) bond motifs is 1. The van der Waals surface area contributed by atoms with Crippen molar-refractivity contribution in [1.29, 1.82) is 0 Å². The van der Waals surface area contributed by atoms with Crippen LogP contribution in [0.1, 0.15) is 32.6 Å². The van der Waals surface area contributed by atoms with Crippen molar-refractivity contribution in [2.24, 2.45) is 0 Å². The average Bonchev–Trinajstić information content (AvgIpc) is 2.82. The summed E-state index contributed by atoms with van der Waals surface area (Å²) in [6.45, 7) is 4.47. The molecule has 1 N–H and O–H groups in total. The predicted octanol–water partition coefficient (Wildman–Crippen LogP) is 5.76. The maximum Gasteiger partial charge on any atom is 0.254 e. The molecule has 6 heteroatoms. The lowest BCUT2D eigenvalue weighted by Crippen LogP contribution is -2.32. The highest BCUT2D eigenvalue weighted by molar-refractivity contribution is 9.10. The second-order valence-electron chi connectivity index (χ2n) is 8.09.